The Kier molecular flexibility index (Phi) is 4.57. The third kappa shape index (κ3) is 3.26. The monoisotopic (exact) mass is 277 g/mol. The van der Waals surface area contributed by atoms with E-state index >= 15 is 0 Å². The molecule has 1 fully saturated rings. The third-order valence-electron chi connectivity index (χ3n) is 3.61. The van der Waals surface area contributed by atoms with E-state index in [1.165, 1.54) is 6.42 Å². The van der Waals surface area contributed by atoms with Crippen LogP contribution in [-0.4, -0.2) is 35.6 Å². The molecule has 0 N–H and O–H groups in total. The SMILES string of the molecule is CCOC(=O)c1cnc(N2C[C@H](C)C[C@H](C)C2)nc1C. The molecule has 1 aliphatic rings. The number of carbonyl (C=O) groups is 1. The number of carbonyl (C=O) groups excluding carboxylic acids is 1. The van der Waals surface area contributed by atoms with Gasteiger partial charge in [-0.05, 0) is 32.1 Å². The Labute approximate surface area is 120 Å². The lowest BCUT2D eigenvalue weighted by atomic mass is 9.92. The second-order valence-electron chi connectivity index (χ2n) is 5.74. The maximum Gasteiger partial charge on any atom is 0.341 e. The molecule has 0 unspecified atom stereocenters. The summed E-state index contributed by atoms with van der Waals surface area (Å²) in [7, 11) is 0. The van der Waals surface area contributed by atoms with E-state index < -0.39 is 0 Å². The van der Waals surface area contributed by atoms with Gasteiger partial charge in [-0.25, -0.2) is 14.8 Å². The topological polar surface area (TPSA) is 55.3 Å². The smallest absolute Gasteiger partial charge is 0.341 e. The summed E-state index contributed by atoms with van der Waals surface area (Å²) in [5.74, 6) is 1.66. The van der Waals surface area contributed by atoms with Gasteiger partial charge in [0.15, 0.2) is 0 Å². The van der Waals surface area contributed by atoms with E-state index in [1.807, 2.05) is 6.92 Å². The zero-order valence-electron chi connectivity index (χ0n) is 12.7. The highest BCUT2D eigenvalue weighted by atomic mass is 16.5. The number of piperidine rings is 1. The molecule has 0 saturated carbocycles. The first kappa shape index (κ1) is 14.8. The van der Waals surface area contributed by atoms with Crippen molar-refractivity contribution in [1.29, 1.82) is 0 Å². The average molecular weight is 277 g/mol. The van der Waals surface area contributed by atoms with Crippen molar-refractivity contribution >= 4 is 11.9 Å². The zero-order valence-corrected chi connectivity index (χ0v) is 12.7. The summed E-state index contributed by atoms with van der Waals surface area (Å²) >= 11 is 0. The molecule has 1 saturated heterocycles. The summed E-state index contributed by atoms with van der Waals surface area (Å²) in [5.41, 5.74) is 1.13. The molecule has 0 radical (unpaired) electrons. The van der Waals surface area contributed by atoms with Gasteiger partial charge in [-0.3, -0.25) is 0 Å². The first-order valence-corrected chi connectivity index (χ1v) is 7.27. The van der Waals surface area contributed by atoms with Crippen molar-refractivity contribution in [3.8, 4) is 0 Å². The van der Waals surface area contributed by atoms with Crippen LogP contribution in [0.5, 0.6) is 0 Å². The Morgan fingerprint density at radius 2 is 2.05 bits per heavy atom. The van der Waals surface area contributed by atoms with Gasteiger partial charge in [-0.1, -0.05) is 13.8 Å². The van der Waals surface area contributed by atoms with E-state index in [0.29, 0.717) is 35.6 Å². The van der Waals surface area contributed by atoms with Crippen molar-refractivity contribution in [1.82, 2.24) is 9.97 Å². The van der Waals surface area contributed by atoms with Crippen LogP contribution in [0.25, 0.3) is 0 Å². The van der Waals surface area contributed by atoms with Crippen LogP contribution in [0, 0.1) is 18.8 Å². The Bertz CT molecular complexity index is 480. The number of ether oxygens (including phenoxy) is 1. The number of hydrogen-bond donors (Lipinski definition) is 0. The summed E-state index contributed by atoms with van der Waals surface area (Å²) in [6, 6.07) is 0. The van der Waals surface area contributed by atoms with Crippen molar-refractivity contribution in [2.45, 2.75) is 34.1 Å². The lowest BCUT2D eigenvalue weighted by Gasteiger charge is -2.35. The fourth-order valence-corrected chi connectivity index (χ4v) is 2.84. The van der Waals surface area contributed by atoms with Gasteiger partial charge in [0.25, 0.3) is 0 Å². The maximum absolute atomic E-state index is 11.7. The van der Waals surface area contributed by atoms with Crippen LogP contribution in [0.3, 0.4) is 0 Å². The first-order chi connectivity index (χ1) is 9.51. The number of anilines is 1. The van der Waals surface area contributed by atoms with Crippen molar-refractivity contribution in [2.24, 2.45) is 11.8 Å². The summed E-state index contributed by atoms with van der Waals surface area (Å²) < 4.78 is 5.00. The number of hydrogen-bond acceptors (Lipinski definition) is 5. The maximum atomic E-state index is 11.7. The van der Waals surface area contributed by atoms with E-state index in [-0.39, 0.29) is 5.97 Å². The summed E-state index contributed by atoms with van der Waals surface area (Å²) in [4.78, 5) is 22.8. The minimum Gasteiger partial charge on any atom is -0.462 e. The third-order valence-corrected chi connectivity index (χ3v) is 3.61. The number of aromatic nitrogens is 2. The van der Waals surface area contributed by atoms with Gasteiger partial charge in [0, 0.05) is 19.3 Å². The minimum absolute atomic E-state index is 0.350. The molecule has 5 heteroatoms. The van der Waals surface area contributed by atoms with Gasteiger partial charge < -0.3 is 9.64 Å². The molecule has 2 heterocycles. The first-order valence-electron chi connectivity index (χ1n) is 7.27. The standard InChI is InChI=1S/C15H23N3O2/c1-5-20-14(19)13-7-16-15(17-12(13)4)18-8-10(2)6-11(3)9-18/h7,10-11H,5-6,8-9H2,1-4H3/t10-,11+. The number of esters is 1. The van der Waals surface area contributed by atoms with E-state index in [2.05, 4.69) is 28.7 Å². The molecular weight excluding hydrogens is 254 g/mol. The van der Waals surface area contributed by atoms with E-state index in [9.17, 15) is 4.79 Å². The van der Waals surface area contributed by atoms with Crippen molar-refractivity contribution in [3.63, 3.8) is 0 Å². The van der Waals surface area contributed by atoms with Crippen LogP contribution in [0.4, 0.5) is 5.95 Å². The molecule has 2 atom stereocenters. The van der Waals surface area contributed by atoms with E-state index in [4.69, 9.17) is 4.74 Å². The minimum atomic E-state index is -0.350. The molecule has 0 bridgehead atoms. The predicted octanol–water partition coefficient (Wildman–Crippen LogP) is 2.44. The molecule has 0 aromatic carbocycles. The molecule has 110 valence electrons. The molecule has 0 amide bonds. The molecular formula is C15H23N3O2. The fraction of sp³-hybridized carbons (Fsp3) is 0.667. The second-order valence-corrected chi connectivity index (χ2v) is 5.74. The highest BCUT2D eigenvalue weighted by molar-refractivity contribution is 5.90. The Morgan fingerprint density at radius 1 is 1.40 bits per heavy atom. The van der Waals surface area contributed by atoms with Crippen LogP contribution < -0.4 is 4.90 Å². The number of nitrogens with zero attached hydrogens (tertiary/aromatic N) is 3. The van der Waals surface area contributed by atoms with Crippen molar-refractivity contribution in [2.75, 3.05) is 24.6 Å². The summed E-state index contributed by atoms with van der Waals surface area (Å²) in [5, 5.41) is 0. The fourth-order valence-electron chi connectivity index (χ4n) is 2.84. The normalized spacial score (nSPS) is 22.7. The molecule has 1 aromatic heterocycles. The molecule has 2 rings (SSSR count). The van der Waals surface area contributed by atoms with Gasteiger partial charge in [-0.15, -0.1) is 0 Å². The van der Waals surface area contributed by atoms with Crippen molar-refractivity contribution in [3.05, 3.63) is 17.5 Å². The zero-order chi connectivity index (χ0) is 14.7. The molecule has 1 aliphatic heterocycles. The molecule has 5 nitrogen and oxygen atoms in total. The van der Waals surface area contributed by atoms with Crippen LogP contribution in [0.15, 0.2) is 6.20 Å². The lowest BCUT2D eigenvalue weighted by Crippen LogP contribution is -2.39. The number of aryl methyl sites for hydroxylation is 1. The number of rotatable bonds is 3. The van der Waals surface area contributed by atoms with Gasteiger partial charge in [0.2, 0.25) is 5.95 Å². The molecule has 0 aliphatic carbocycles. The molecule has 20 heavy (non-hydrogen) atoms. The quantitative estimate of drug-likeness (QED) is 0.794. The van der Waals surface area contributed by atoms with Crippen LogP contribution >= 0.6 is 0 Å². The summed E-state index contributed by atoms with van der Waals surface area (Å²) in [6.45, 7) is 10.4. The largest absolute Gasteiger partial charge is 0.462 e. The van der Waals surface area contributed by atoms with Crippen LogP contribution in [0.1, 0.15) is 43.2 Å². The highest BCUT2D eigenvalue weighted by Crippen LogP contribution is 2.24. The van der Waals surface area contributed by atoms with Gasteiger partial charge in [0.1, 0.15) is 0 Å². The lowest BCUT2D eigenvalue weighted by molar-refractivity contribution is 0.0524. The second kappa shape index (κ2) is 6.20. The molecule has 1 aromatic rings. The van der Waals surface area contributed by atoms with E-state index in [0.717, 1.165) is 13.1 Å². The summed E-state index contributed by atoms with van der Waals surface area (Å²) in [6.07, 6.45) is 2.83. The van der Waals surface area contributed by atoms with Crippen LogP contribution in [0.2, 0.25) is 0 Å². The molecule has 0 spiro atoms. The Morgan fingerprint density at radius 3 is 2.60 bits per heavy atom. The predicted molar refractivity (Wildman–Crippen MR) is 77.9 cm³/mol. The van der Waals surface area contributed by atoms with Gasteiger partial charge >= 0.3 is 5.97 Å². The van der Waals surface area contributed by atoms with Gasteiger partial charge in [-0.2, -0.15) is 0 Å². The van der Waals surface area contributed by atoms with Gasteiger partial charge in [0.05, 0.1) is 17.9 Å². The van der Waals surface area contributed by atoms with Crippen LogP contribution in [-0.2, 0) is 4.74 Å². The highest BCUT2D eigenvalue weighted by Gasteiger charge is 2.24. The Balaban J connectivity index is 2.18. The van der Waals surface area contributed by atoms with E-state index in [1.54, 1.807) is 13.1 Å². The Hall–Kier alpha value is -1.65. The van der Waals surface area contributed by atoms with Crippen molar-refractivity contribution < 1.29 is 9.53 Å². The average Bonchev–Trinajstić information content (AvgIpc) is 2.37.